The van der Waals surface area contributed by atoms with Crippen molar-refractivity contribution in [3.05, 3.63) is 102 Å². The SMILES string of the molecule is CCCC[C@@H](NC(C)=O)C(=O)N[C@H]1CCC(=O)NCCNC(=O)[C@@H](Cc2c[nH]c3ccccc23)NC(=O)C(CCCNC(=N)N)NC(=O)[C@@H](Cc2ccc3ccccc3c2)NC(=O)[C@H](Cc2c[nH]cn2)NC1=O. The van der Waals surface area contributed by atoms with Gasteiger partial charge in [0.2, 0.25) is 47.3 Å². The lowest BCUT2D eigenvalue weighted by Gasteiger charge is -2.28. The number of hydrogen-bond acceptors (Lipinski definition) is 10. The Morgan fingerprint density at radius 3 is 2.16 bits per heavy atom. The Morgan fingerprint density at radius 2 is 1.44 bits per heavy atom. The number of aromatic nitrogens is 3. The Hall–Kier alpha value is -8.30. The number of amides is 8. The van der Waals surface area contributed by atoms with E-state index < -0.39 is 83.5 Å². The molecule has 8 amide bonds. The number of fused-ring (bicyclic) bond motifs is 2. The minimum atomic E-state index is -1.41. The fraction of sp³-hybridized carbons (Fsp3) is 0.412. The zero-order chi connectivity index (χ0) is 52.3. The lowest BCUT2D eigenvalue weighted by molar-refractivity contribution is -0.135. The molecule has 22 nitrogen and oxygen atoms in total. The average Bonchev–Trinajstić information content (AvgIpc) is 4.05. The quantitative estimate of drug-likeness (QED) is 0.0366. The first-order chi connectivity index (χ1) is 35.2. The van der Waals surface area contributed by atoms with Crippen LogP contribution in [-0.4, -0.2) is 124 Å². The molecule has 0 bridgehead atoms. The number of unbranched alkanes of at least 4 members (excludes halogenated alkanes) is 1. The Bertz CT molecular complexity index is 2740. The molecule has 0 spiro atoms. The zero-order valence-electron chi connectivity index (χ0n) is 41.0. The molecule has 14 N–H and O–H groups in total. The summed E-state index contributed by atoms with van der Waals surface area (Å²) in [6.07, 6.45) is 5.76. The van der Waals surface area contributed by atoms with Crippen molar-refractivity contribution >= 4 is 74.9 Å². The molecular weight excluding hydrogens is 937 g/mol. The van der Waals surface area contributed by atoms with Crippen LogP contribution in [0.25, 0.3) is 21.7 Å². The van der Waals surface area contributed by atoms with E-state index in [1.165, 1.54) is 19.4 Å². The Kier molecular flexibility index (Phi) is 19.8. The number of para-hydroxylation sites is 1. The monoisotopic (exact) mass is 1000 g/mol. The predicted molar refractivity (Wildman–Crippen MR) is 273 cm³/mol. The second kappa shape index (κ2) is 26.8. The molecule has 0 saturated carbocycles. The summed E-state index contributed by atoms with van der Waals surface area (Å²) in [6, 6.07) is 13.0. The van der Waals surface area contributed by atoms with Gasteiger partial charge < -0.3 is 63.6 Å². The van der Waals surface area contributed by atoms with Crippen molar-refractivity contribution < 1.29 is 38.4 Å². The van der Waals surface area contributed by atoms with Gasteiger partial charge in [0.1, 0.15) is 36.3 Å². The molecule has 6 rings (SSSR count). The molecule has 6 atom stereocenters. The largest absolute Gasteiger partial charge is 0.370 e. The van der Waals surface area contributed by atoms with Gasteiger partial charge in [0.25, 0.3) is 0 Å². The predicted octanol–water partition coefficient (Wildman–Crippen LogP) is 0.480. The van der Waals surface area contributed by atoms with Gasteiger partial charge in [0.15, 0.2) is 5.96 Å². The number of hydrogen-bond donors (Lipinski definition) is 13. The standard InChI is InChI=1S/C51H66N14O8/c1-3-4-13-38(60-30(2)66)46(69)62-40-18-19-44(67)55-21-22-56-45(68)42(25-34-27-58-37-14-8-7-12-36(34)37)64-47(70)39(15-9-20-57-51(52)53)61-49(72)41(24-31-16-17-32-10-5-6-11-33(32)23-31)63-50(73)43(65-48(40)71)26-35-28-54-29-59-35/h5-8,10-12,14,16-17,23,27-29,38-43,58H,3-4,9,13,15,18-22,24-26H2,1-2H3,(H,54,59)(H,55,67)(H,56,68)(H,60,66)(H,61,72)(H,62,69)(H,63,73)(H,64,70)(H,65,71)(H4,52,53,57)/t38-,39?,40+,41-,42-,43+/m1/s1. The third-order valence-corrected chi connectivity index (χ3v) is 12.4. The fourth-order valence-corrected chi connectivity index (χ4v) is 8.59. The average molecular weight is 1000 g/mol. The lowest BCUT2D eigenvalue weighted by Crippen LogP contribution is -2.60. The summed E-state index contributed by atoms with van der Waals surface area (Å²) >= 11 is 0. The van der Waals surface area contributed by atoms with E-state index in [1.54, 1.807) is 6.20 Å². The van der Waals surface area contributed by atoms with Crippen molar-refractivity contribution in [3.63, 3.8) is 0 Å². The van der Waals surface area contributed by atoms with Crippen LogP contribution < -0.4 is 53.6 Å². The second-order valence-electron chi connectivity index (χ2n) is 18.1. The van der Waals surface area contributed by atoms with Crippen LogP contribution in [0.2, 0.25) is 0 Å². The second-order valence-corrected chi connectivity index (χ2v) is 18.1. The van der Waals surface area contributed by atoms with E-state index in [1.807, 2.05) is 73.7 Å². The van der Waals surface area contributed by atoms with E-state index in [4.69, 9.17) is 11.1 Å². The first kappa shape index (κ1) is 54.0. The number of carbonyl (C=O) groups excluding carboxylic acids is 8. The number of imidazole rings is 1. The Labute approximate surface area is 422 Å². The first-order valence-electron chi connectivity index (χ1n) is 24.6. The maximum absolute atomic E-state index is 14.8. The smallest absolute Gasteiger partial charge is 0.243 e. The summed E-state index contributed by atoms with van der Waals surface area (Å²) in [5.74, 6) is -5.65. The maximum Gasteiger partial charge on any atom is 0.243 e. The summed E-state index contributed by atoms with van der Waals surface area (Å²) in [4.78, 5) is 122. The van der Waals surface area contributed by atoms with Gasteiger partial charge >= 0.3 is 0 Å². The van der Waals surface area contributed by atoms with Crippen molar-refractivity contribution in [3.8, 4) is 0 Å². The van der Waals surface area contributed by atoms with Crippen LogP contribution in [0.5, 0.6) is 0 Å². The molecule has 22 heteroatoms. The van der Waals surface area contributed by atoms with Gasteiger partial charge in [-0.1, -0.05) is 80.4 Å². The molecule has 0 aliphatic carbocycles. The van der Waals surface area contributed by atoms with Gasteiger partial charge in [-0.25, -0.2) is 4.98 Å². The summed E-state index contributed by atoms with van der Waals surface area (Å²) in [5.41, 5.74) is 8.10. The van der Waals surface area contributed by atoms with E-state index in [0.717, 1.165) is 27.2 Å². The van der Waals surface area contributed by atoms with Crippen LogP contribution in [0.15, 0.2) is 85.5 Å². The van der Waals surface area contributed by atoms with E-state index in [0.29, 0.717) is 24.1 Å². The van der Waals surface area contributed by atoms with Crippen LogP contribution in [0.4, 0.5) is 0 Å². The molecule has 1 unspecified atom stereocenters. The van der Waals surface area contributed by atoms with Crippen LogP contribution in [-0.2, 0) is 57.6 Å². The molecule has 0 radical (unpaired) electrons. The van der Waals surface area contributed by atoms with E-state index in [-0.39, 0.29) is 77.0 Å². The third-order valence-electron chi connectivity index (χ3n) is 12.4. The summed E-state index contributed by atoms with van der Waals surface area (Å²) in [7, 11) is 0. The molecule has 5 aromatic rings. The zero-order valence-corrected chi connectivity index (χ0v) is 41.0. The summed E-state index contributed by atoms with van der Waals surface area (Å²) in [6.45, 7) is 3.25. The van der Waals surface area contributed by atoms with Crippen molar-refractivity contribution in [2.45, 2.75) is 114 Å². The molecule has 3 heterocycles. The number of rotatable bonds is 16. The van der Waals surface area contributed by atoms with E-state index >= 15 is 0 Å². The minimum absolute atomic E-state index is 0.00807. The minimum Gasteiger partial charge on any atom is -0.370 e. The van der Waals surface area contributed by atoms with E-state index in [2.05, 4.69) is 62.8 Å². The molecule has 1 fully saturated rings. The van der Waals surface area contributed by atoms with E-state index in [9.17, 15) is 38.4 Å². The normalized spacial score (nSPS) is 20.2. The first-order valence-corrected chi connectivity index (χ1v) is 24.6. The highest BCUT2D eigenvalue weighted by Gasteiger charge is 2.34. The molecule has 3 aromatic carbocycles. The van der Waals surface area contributed by atoms with Gasteiger partial charge in [-0.2, -0.15) is 0 Å². The molecular formula is C51H66N14O8. The van der Waals surface area contributed by atoms with Gasteiger partial charge in [-0.3, -0.25) is 43.8 Å². The molecule has 73 heavy (non-hydrogen) atoms. The molecule has 1 saturated heterocycles. The van der Waals surface area contributed by atoms with Crippen LogP contribution in [0.3, 0.4) is 0 Å². The number of nitrogens with zero attached hydrogens (tertiary/aromatic N) is 1. The number of carbonyl (C=O) groups is 8. The molecule has 388 valence electrons. The fourth-order valence-electron chi connectivity index (χ4n) is 8.59. The number of benzene rings is 3. The third kappa shape index (κ3) is 16.4. The maximum atomic E-state index is 14.8. The molecule has 1 aliphatic rings. The number of aromatic amines is 2. The van der Waals surface area contributed by atoms with Gasteiger partial charge in [0.05, 0.1) is 12.0 Å². The lowest BCUT2D eigenvalue weighted by atomic mass is 9.99. The van der Waals surface area contributed by atoms with Gasteiger partial charge in [-0.05, 0) is 53.6 Å². The van der Waals surface area contributed by atoms with Gasteiger partial charge in [0, 0.05) is 75.5 Å². The van der Waals surface area contributed by atoms with Crippen molar-refractivity contribution in [2.24, 2.45) is 5.73 Å². The van der Waals surface area contributed by atoms with Crippen molar-refractivity contribution in [1.82, 2.24) is 62.8 Å². The Morgan fingerprint density at radius 1 is 0.767 bits per heavy atom. The topological polar surface area (TPSA) is 339 Å². The van der Waals surface area contributed by atoms with Gasteiger partial charge in [-0.15, -0.1) is 0 Å². The highest BCUT2D eigenvalue weighted by Crippen LogP contribution is 2.20. The number of guanidine groups is 1. The van der Waals surface area contributed by atoms with Crippen molar-refractivity contribution in [1.29, 1.82) is 5.41 Å². The molecule has 2 aromatic heterocycles. The summed E-state index contributed by atoms with van der Waals surface area (Å²) < 4.78 is 0. The Balaban J connectivity index is 1.38. The van der Waals surface area contributed by atoms with Crippen LogP contribution in [0.1, 0.15) is 75.6 Å². The van der Waals surface area contributed by atoms with Crippen LogP contribution in [0, 0.1) is 5.41 Å². The number of nitrogens with one attached hydrogen (secondary N) is 12. The highest BCUT2D eigenvalue weighted by atomic mass is 16.2. The number of H-pyrrole nitrogens is 2. The molecule has 1 aliphatic heterocycles. The highest BCUT2D eigenvalue weighted by molar-refractivity contribution is 5.98. The van der Waals surface area contributed by atoms with Crippen molar-refractivity contribution in [2.75, 3.05) is 19.6 Å². The number of nitrogens with two attached hydrogens (primary N) is 1. The summed E-state index contributed by atoms with van der Waals surface area (Å²) in [5, 5.41) is 35.0. The van der Waals surface area contributed by atoms with Crippen LogP contribution >= 0.6 is 0 Å².